The molecule has 2 aliphatic rings. The van der Waals surface area contributed by atoms with E-state index >= 15 is 0 Å². The van der Waals surface area contributed by atoms with Crippen molar-refractivity contribution in [3.8, 4) is 0 Å². The van der Waals surface area contributed by atoms with Gasteiger partial charge in [-0.05, 0) is 87.4 Å². The van der Waals surface area contributed by atoms with E-state index in [9.17, 15) is 0 Å². The SMILES string of the molecule is CCCNC(c1c(C)cc(C)cc1C)C1CC2CCC1C2. The highest BCUT2D eigenvalue weighted by atomic mass is 14.9. The van der Waals surface area contributed by atoms with Crippen molar-refractivity contribution in [2.75, 3.05) is 6.54 Å². The predicted molar refractivity (Wildman–Crippen MR) is 90.6 cm³/mol. The van der Waals surface area contributed by atoms with Crippen LogP contribution in [0.25, 0.3) is 0 Å². The molecule has 3 rings (SSSR count). The largest absolute Gasteiger partial charge is 0.310 e. The number of nitrogens with one attached hydrogen (secondary N) is 1. The maximum atomic E-state index is 3.91. The summed E-state index contributed by atoms with van der Waals surface area (Å²) in [6, 6.07) is 5.33. The quantitative estimate of drug-likeness (QED) is 0.794. The molecule has 2 saturated carbocycles. The van der Waals surface area contributed by atoms with Crippen molar-refractivity contribution < 1.29 is 0 Å². The summed E-state index contributed by atoms with van der Waals surface area (Å²) in [5.74, 6) is 2.87. The second kappa shape index (κ2) is 6.12. The van der Waals surface area contributed by atoms with E-state index < -0.39 is 0 Å². The van der Waals surface area contributed by atoms with E-state index in [0.717, 1.165) is 24.3 Å². The van der Waals surface area contributed by atoms with E-state index in [0.29, 0.717) is 6.04 Å². The van der Waals surface area contributed by atoms with Crippen LogP contribution >= 0.6 is 0 Å². The predicted octanol–water partition coefficient (Wildman–Crippen LogP) is 5.09. The molecule has 0 amide bonds. The van der Waals surface area contributed by atoms with Gasteiger partial charge in [0.1, 0.15) is 0 Å². The molecule has 2 aliphatic carbocycles. The van der Waals surface area contributed by atoms with Gasteiger partial charge >= 0.3 is 0 Å². The third-order valence-electron chi connectivity index (χ3n) is 5.88. The first kappa shape index (κ1) is 15.1. The zero-order valence-electron chi connectivity index (χ0n) is 14.2. The Morgan fingerprint density at radius 1 is 1.10 bits per heavy atom. The minimum absolute atomic E-state index is 0.584. The topological polar surface area (TPSA) is 12.0 Å². The van der Waals surface area contributed by atoms with Gasteiger partial charge in [0.2, 0.25) is 0 Å². The third kappa shape index (κ3) is 2.90. The highest BCUT2D eigenvalue weighted by molar-refractivity contribution is 5.40. The molecule has 2 fully saturated rings. The molecule has 0 radical (unpaired) electrons. The normalized spacial score (nSPS) is 29.0. The Balaban J connectivity index is 1.92. The minimum Gasteiger partial charge on any atom is -0.310 e. The molecule has 1 heteroatoms. The fourth-order valence-corrected chi connectivity index (χ4v) is 5.15. The van der Waals surface area contributed by atoms with Gasteiger partial charge in [-0.15, -0.1) is 0 Å². The zero-order valence-corrected chi connectivity index (χ0v) is 14.2. The van der Waals surface area contributed by atoms with Gasteiger partial charge in [0.25, 0.3) is 0 Å². The van der Waals surface area contributed by atoms with Crippen LogP contribution in [0.2, 0.25) is 0 Å². The van der Waals surface area contributed by atoms with Crippen molar-refractivity contribution in [1.82, 2.24) is 5.32 Å². The molecule has 4 atom stereocenters. The molecule has 0 saturated heterocycles. The molecule has 1 nitrogen and oxygen atoms in total. The lowest BCUT2D eigenvalue weighted by atomic mass is 9.78. The number of fused-ring (bicyclic) bond motifs is 2. The molecule has 2 bridgehead atoms. The van der Waals surface area contributed by atoms with Crippen LogP contribution in [0.1, 0.15) is 67.3 Å². The maximum Gasteiger partial charge on any atom is 0.0356 e. The molecule has 0 heterocycles. The van der Waals surface area contributed by atoms with Gasteiger partial charge in [-0.3, -0.25) is 0 Å². The van der Waals surface area contributed by atoms with Gasteiger partial charge in [-0.2, -0.15) is 0 Å². The van der Waals surface area contributed by atoms with E-state index in [1.54, 1.807) is 5.56 Å². The smallest absolute Gasteiger partial charge is 0.0356 e. The highest BCUT2D eigenvalue weighted by Gasteiger charge is 2.43. The van der Waals surface area contributed by atoms with Gasteiger partial charge in [-0.1, -0.05) is 31.0 Å². The Hall–Kier alpha value is -0.820. The fourth-order valence-electron chi connectivity index (χ4n) is 5.15. The molecule has 1 N–H and O–H groups in total. The van der Waals surface area contributed by atoms with E-state index in [2.05, 4.69) is 45.1 Å². The summed E-state index contributed by atoms with van der Waals surface area (Å²) < 4.78 is 0. The molecule has 4 unspecified atom stereocenters. The standard InChI is InChI=1S/C20H31N/c1-5-8-21-20(18-12-16-6-7-17(18)11-16)19-14(3)9-13(2)10-15(19)4/h9-10,16-18,20-21H,5-8,11-12H2,1-4H3. The van der Waals surface area contributed by atoms with Gasteiger partial charge in [0.15, 0.2) is 0 Å². The van der Waals surface area contributed by atoms with Gasteiger partial charge < -0.3 is 5.32 Å². The fraction of sp³-hybridized carbons (Fsp3) is 0.700. The molecule has 1 aromatic carbocycles. The number of aryl methyl sites for hydroxylation is 3. The molecule has 116 valence electrons. The number of rotatable bonds is 5. The number of benzene rings is 1. The summed E-state index contributed by atoms with van der Waals surface area (Å²) in [7, 11) is 0. The van der Waals surface area contributed by atoms with Crippen LogP contribution in [0, 0.1) is 38.5 Å². The van der Waals surface area contributed by atoms with Crippen LogP contribution in [-0.2, 0) is 0 Å². The van der Waals surface area contributed by atoms with Crippen molar-refractivity contribution in [2.45, 2.75) is 65.8 Å². The lowest BCUT2D eigenvalue weighted by Crippen LogP contribution is -2.33. The highest BCUT2D eigenvalue weighted by Crippen LogP contribution is 2.53. The lowest BCUT2D eigenvalue weighted by Gasteiger charge is -2.34. The first-order chi connectivity index (χ1) is 10.1. The Morgan fingerprint density at radius 2 is 1.81 bits per heavy atom. The molecule has 1 aromatic rings. The van der Waals surface area contributed by atoms with Crippen molar-refractivity contribution in [1.29, 1.82) is 0 Å². The third-order valence-corrected chi connectivity index (χ3v) is 5.88. The summed E-state index contributed by atoms with van der Waals surface area (Å²) in [5, 5.41) is 3.91. The van der Waals surface area contributed by atoms with E-state index in [-0.39, 0.29) is 0 Å². The summed E-state index contributed by atoms with van der Waals surface area (Å²) in [5.41, 5.74) is 5.98. The molecule has 21 heavy (non-hydrogen) atoms. The van der Waals surface area contributed by atoms with Crippen LogP contribution in [0.15, 0.2) is 12.1 Å². The average molecular weight is 285 g/mol. The summed E-state index contributed by atoms with van der Waals surface area (Å²) >= 11 is 0. The second-order valence-corrected chi connectivity index (χ2v) is 7.58. The molecule has 0 aromatic heterocycles. The maximum absolute atomic E-state index is 3.91. The monoisotopic (exact) mass is 285 g/mol. The lowest BCUT2D eigenvalue weighted by molar-refractivity contribution is 0.249. The summed E-state index contributed by atoms with van der Waals surface area (Å²) in [6.45, 7) is 10.3. The van der Waals surface area contributed by atoms with Gasteiger partial charge in [-0.25, -0.2) is 0 Å². The van der Waals surface area contributed by atoms with Crippen molar-refractivity contribution in [3.05, 3.63) is 34.4 Å². The van der Waals surface area contributed by atoms with Crippen LogP contribution in [0.4, 0.5) is 0 Å². The Bertz CT molecular complexity index is 482. The second-order valence-electron chi connectivity index (χ2n) is 7.58. The molecule has 0 aliphatic heterocycles. The Kier molecular flexibility index (Phi) is 4.40. The van der Waals surface area contributed by atoms with E-state index in [4.69, 9.17) is 0 Å². The van der Waals surface area contributed by atoms with Crippen molar-refractivity contribution in [2.24, 2.45) is 17.8 Å². The summed E-state index contributed by atoms with van der Waals surface area (Å²) in [4.78, 5) is 0. The zero-order chi connectivity index (χ0) is 15.0. The van der Waals surface area contributed by atoms with Crippen LogP contribution in [0.3, 0.4) is 0 Å². The molecular formula is C20H31N. The summed E-state index contributed by atoms with van der Waals surface area (Å²) in [6.07, 6.45) is 7.15. The van der Waals surface area contributed by atoms with Gasteiger partial charge in [0, 0.05) is 6.04 Å². The van der Waals surface area contributed by atoms with Crippen molar-refractivity contribution >= 4 is 0 Å². The van der Waals surface area contributed by atoms with Crippen LogP contribution in [-0.4, -0.2) is 6.54 Å². The minimum atomic E-state index is 0.584. The average Bonchev–Trinajstić information content (AvgIpc) is 3.03. The van der Waals surface area contributed by atoms with Gasteiger partial charge in [0.05, 0.1) is 0 Å². The van der Waals surface area contributed by atoms with E-state index in [1.165, 1.54) is 48.8 Å². The van der Waals surface area contributed by atoms with Crippen LogP contribution < -0.4 is 5.32 Å². The molecular weight excluding hydrogens is 254 g/mol. The Morgan fingerprint density at radius 3 is 2.33 bits per heavy atom. The first-order valence-electron chi connectivity index (χ1n) is 8.91. The van der Waals surface area contributed by atoms with Crippen LogP contribution in [0.5, 0.6) is 0 Å². The Labute approximate surface area is 130 Å². The number of hydrogen-bond donors (Lipinski definition) is 1. The van der Waals surface area contributed by atoms with E-state index in [1.807, 2.05) is 0 Å². The molecule has 0 spiro atoms. The first-order valence-corrected chi connectivity index (χ1v) is 8.91. The van der Waals surface area contributed by atoms with Crippen molar-refractivity contribution in [3.63, 3.8) is 0 Å². The number of hydrogen-bond acceptors (Lipinski definition) is 1.